The van der Waals surface area contributed by atoms with E-state index in [1.807, 2.05) is 13.8 Å². The summed E-state index contributed by atoms with van der Waals surface area (Å²) in [6.07, 6.45) is 0. The SMILES string of the molecule is CCNc1nc(C(C)(C)C)nc(Sc2nc(C)ns2)c1C. The fourth-order valence-corrected chi connectivity index (χ4v) is 3.32. The molecule has 2 rings (SSSR count). The summed E-state index contributed by atoms with van der Waals surface area (Å²) in [6, 6.07) is 0. The predicted molar refractivity (Wildman–Crippen MR) is 88.4 cm³/mol. The molecule has 114 valence electrons. The van der Waals surface area contributed by atoms with Gasteiger partial charge in [0.1, 0.15) is 22.5 Å². The number of aryl methyl sites for hydroxylation is 1. The molecule has 0 saturated heterocycles. The molecule has 0 saturated carbocycles. The maximum atomic E-state index is 4.74. The van der Waals surface area contributed by atoms with Gasteiger partial charge in [0.05, 0.1) is 0 Å². The van der Waals surface area contributed by atoms with E-state index in [4.69, 9.17) is 4.98 Å². The first-order valence-electron chi connectivity index (χ1n) is 6.92. The van der Waals surface area contributed by atoms with Crippen LogP contribution in [0.15, 0.2) is 9.37 Å². The second kappa shape index (κ2) is 6.27. The van der Waals surface area contributed by atoms with Gasteiger partial charge in [0, 0.05) is 17.5 Å². The van der Waals surface area contributed by atoms with Crippen molar-refractivity contribution < 1.29 is 0 Å². The minimum Gasteiger partial charge on any atom is -0.370 e. The number of hydrogen-bond donors (Lipinski definition) is 1. The van der Waals surface area contributed by atoms with Crippen molar-refractivity contribution in [2.75, 3.05) is 11.9 Å². The second-order valence-corrected chi connectivity index (χ2v) is 7.80. The lowest BCUT2D eigenvalue weighted by Gasteiger charge is -2.20. The van der Waals surface area contributed by atoms with Gasteiger partial charge >= 0.3 is 0 Å². The number of nitrogens with one attached hydrogen (secondary N) is 1. The van der Waals surface area contributed by atoms with Gasteiger partial charge in [-0.1, -0.05) is 20.8 Å². The van der Waals surface area contributed by atoms with E-state index in [-0.39, 0.29) is 5.41 Å². The highest BCUT2D eigenvalue weighted by Gasteiger charge is 2.22. The van der Waals surface area contributed by atoms with Crippen LogP contribution in [0, 0.1) is 13.8 Å². The van der Waals surface area contributed by atoms with E-state index in [1.165, 1.54) is 11.5 Å². The Morgan fingerprint density at radius 3 is 2.38 bits per heavy atom. The summed E-state index contributed by atoms with van der Waals surface area (Å²) >= 11 is 2.97. The molecule has 0 aromatic carbocycles. The quantitative estimate of drug-likeness (QED) is 0.863. The van der Waals surface area contributed by atoms with Gasteiger partial charge in [0.15, 0.2) is 4.34 Å². The smallest absolute Gasteiger partial charge is 0.176 e. The zero-order valence-electron chi connectivity index (χ0n) is 13.3. The van der Waals surface area contributed by atoms with Crippen LogP contribution in [0.4, 0.5) is 5.82 Å². The first kappa shape index (κ1) is 16.2. The lowest BCUT2D eigenvalue weighted by atomic mass is 9.95. The van der Waals surface area contributed by atoms with Crippen LogP contribution in [-0.2, 0) is 5.41 Å². The first-order valence-corrected chi connectivity index (χ1v) is 8.51. The molecule has 2 aromatic heterocycles. The Morgan fingerprint density at radius 1 is 1.14 bits per heavy atom. The van der Waals surface area contributed by atoms with E-state index in [0.29, 0.717) is 0 Å². The molecule has 0 fully saturated rings. The third kappa shape index (κ3) is 3.91. The molecular weight excluding hydrogens is 302 g/mol. The average molecular weight is 323 g/mol. The van der Waals surface area contributed by atoms with Gasteiger partial charge in [0.2, 0.25) is 0 Å². The third-order valence-electron chi connectivity index (χ3n) is 2.81. The van der Waals surface area contributed by atoms with Crippen molar-refractivity contribution in [3.8, 4) is 0 Å². The van der Waals surface area contributed by atoms with E-state index in [2.05, 4.69) is 47.4 Å². The number of rotatable bonds is 4. The molecule has 0 radical (unpaired) electrons. The summed E-state index contributed by atoms with van der Waals surface area (Å²) in [5, 5.41) is 4.27. The molecular formula is C14H21N5S2. The fraction of sp³-hybridized carbons (Fsp3) is 0.571. The lowest BCUT2D eigenvalue weighted by molar-refractivity contribution is 0.538. The van der Waals surface area contributed by atoms with E-state index < -0.39 is 0 Å². The molecule has 0 bridgehead atoms. The first-order chi connectivity index (χ1) is 9.81. The predicted octanol–water partition coefficient (Wildman–Crippen LogP) is 3.83. The van der Waals surface area contributed by atoms with Crippen LogP contribution < -0.4 is 5.32 Å². The van der Waals surface area contributed by atoms with Crippen molar-refractivity contribution in [1.82, 2.24) is 19.3 Å². The summed E-state index contributed by atoms with van der Waals surface area (Å²) in [5.74, 6) is 2.55. The lowest BCUT2D eigenvalue weighted by Crippen LogP contribution is -2.18. The molecule has 7 heteroatoms. The van der Waals surface area contributed by atoms with Gasteiger partial charge in [-0.25, -0.2) is 15.0 Å². The van der Waals surface area contributed by atoms with E-state index in [1.54, 1.807) is 11.8 Å². The zero-order chi connectivity index (χ0) is 15.6. The van der Waals surface area contributed by atoms with Crippen molar-refractivity contribution in [3.63, 3.8) is 0 Å². The van der Waals surface area contributed by atoms with Crippen molar-refractivity contribution in [2.45, 2.75) is 56.3 Å². The highest BCUT2D eigenvalue weighted by Crippen LogP contribution is 2.34. The van der Waals surface area contributed by atoms with Crippen LogP contribution >= 0.6 is 23.3 Å². The maximum Gasteiger partial charge on any atom is 0.176 e. The summed E-state index contributed by atoms with van der Waals surface area (Å²) < 4.78 is 5.14. The Kier molecular flexibility index (Phi) is 4.83. The molecule has 0 unspecified atom stereocenters. The Balaban J connectivity index is 2.45. The van der Waals surface area contributed by atoms with Crippen LogP contribution in [-0.4, -0.2) is 25.9 Å². The van der Waals surface area contributed by atoms with Crippen LogP contribution in [0.25, 0.3) is 0 Å². The van der Waals surface area contributed by atoms with Gasteiger partial charge in [-0.3, -0.25) is 0 Å². The van der Waals surface area contributed by atoms with Crippen molar-refractivity contribution >= 4 is 29.1 Å². The Labute approximate surface area is 134 Å². The van der Waals surface area contributed by atoms with Crippen molar-refractivity contribution in [2.24, 2.45) is 0 Å². The van der Waals surface area contributed by atoms with Crippen LogP contribution in [0.1, 0.15) is 44.9 Å². The summed E-state index contributed by atoms with van der Waals surface area (Å²) in [5.41, 5.74) is 0.965. The van der Waals surface area contributed by atoms with Gasteiger partial charge in [-0.15, -0.1) is 0 Å². The molecule has 0 aliphatic heterocycles. The second-order valence-electron chi connectivity index (χ2n) is 5.82. The number of aromatic nitrogens is 4. The molecule has 0 atom stereocenters. The fourth-order valence-electron chi connectivity index (χ4n) is 1.67. The standard InChI is InChI=1S/C14H21N5S2/c1-7-15-10-8(2)11(18-12(17-10)14(4,5)6)20-13-16-9(3)19-21-13/h7H2,1-6H3,(H,15,17,18). The molecule has 1 N–H and O–H groups in total. The van der Waals surface area contributed by atoms with Crippen LogP contribution in [0.2, 0.25) is 0 Å². The number of hydrogen-bond acceptors (Lipinski definition) is 7. The highest BCUT2D eigenvalue weighted by atomic mass is 32.2. The van der Waals surface area contributed by atoms with Gasteiger partial charge in [-0.2, -0.15) is 4.37 Å². The molecule has 0 spiro atoms. The molecule has 0 aliphatic carbocycles. The Morgan fingerprint density at radius 2 is 1.86 bits per heavy atom. The third-order valence-corrected chi connectivity index (χ3v) is 4.74. The van der Waals surface area contributed by atoms with Crippen molar-refractivity contribution in [3.05, 3.63) is 17.2 Å². The van der Waals surface area contributed by atoms with Crippen LogP contribution in [0.3, 0.4) is 0 Å². The van der Waals surface area contributed by atoms with Gasteiger partial charge in [-0.05, 0) is 44.1 Å². The summed E-state index contributed by atoms with van der Waals surface area (Å²) in [7, 11) is 0. The Bertz CT molecular complexity index is 631. The molecule has 2 aromatic rings. The van der Waals surface area contributed by atoms with Crippen LogP contribution in [0.5, 0.6) is 0 Å². The normalized spacial score (nSPS) is 11.7. The summed E-state index contributed by atoms with van der Waals surface area (Å²) in [4.78, 5) is 13.8. The van der Waals surface area contributed by atoms with E-state index >= 15 is 0 Å². The van der Waals surface area contributed by atoms with Crippen molar-refractivity contribution in [1.29, 1.82) is 0 Å². The molecule has 0 amide bonds. The minimum absolute atomic E-state index is 0.0930. The summed E-state index contributed by atoms with van der Waals surface area (Å²) in [6.45, 7) is 13.2. The number of anilines is 1. The molecule has 21 heavy (non-hydrogen) atoms. The highest BCUT2D eigenvalue weighted by molar-refractivity contribution is 8.00. The monoisotopic (exact) mass is 323 g/mol. The largest absolute Gasteiger partial charge is 0.370 e. The van der Waals surface area contributed by atoms with Gasteiger partial charge < -0.3 is 5.32 Å². The molecule has 2 heterocycles. The van der Waals surface area contributed by atoms with E-state index in [9.17, 15) is 0 Å². The van der Waals surface area contributed by atoms with E-state index in [0.717, 1.165) is 38.9 Å². The molecule has 0 aliphatic rings. The van der Waals surface area contributed by atoms with Gasteiger partial charge in [0.25, 0.3) is 0 Å². The Hall–Kier alpha value is -1.21. The zero-order valence-corrected chi connectivity index (χ0v) is 14.9. The number of nitrogens with zero attached hydrogens (tertiary/aromatic N) is 4. The maximum absolute atomic E-state index is 4.74. The average Bonchev–Trinajstić information content (AvgIpc) is 2.78. The molecule has 5 nitrogen and oxygen atoms in total. The minimum atomic E-state index is -0.0930. The topological polar surface area (TPSA) is 63.6 Å².